The van der Waals surface area contributed by atoms with Gasteiger partial charge in [-0.3, -0.25) is 9.36 Å². The minimum absolute atomic E-state index is 0.222. The molecule has 1 heterocycles. The van der Waals surface area contributed by atoms with Crippen LogP contribution in [0.2, 0.25) is 0 Å². The molecule has 0 spiro atoms. The largest absolute Gasteiger partial charge is 0.504 e. The molecule has 0 fully saturated rings. The van der Waals surface area contributed by atoms with Crippen molar-refractivity contribution in [2.45, 2.75) is 5.85 Å². The Morgan fingerprint density at radius 1 is 1.21 bits per heavy atom. The Hall–Kier alpha value is -1.86. The lowest BCUT2D eigenvalue weighted by Crippen LogP contribution is -2.13. The first-order chi connectivity index (χ1) is 8.73. The van der Waals surface area contributed by atoms with E-state index in [9.17, 15) is 24.7 Å². The molecule has 5 N–H and O–H groups in total. The molecule has 102 valence electrons. The first kappa shape index (κ1) is 13.6. The molecule has 2 aromatic rings. The van der Waals surface area contributed by atoms with Crippen molar-refractivity contribution in [2.24, 2.45) is 0 Å². The number of hydrogen-bond acceptors (Lipinski definition) is 6. The lowest BCUT2D eigenvalue weighted by Gasteiger charge is -2.12. The Morgan fingerprint density at radius 3 is 2.42 bits per heavy atom. The summed E-state index contributed by atoms with van der Waals surface area (Å²) in [5.74, 6) is -3.50. The fraction of sp³-hybridized carbons (Fsp3) is 0.100. The van der Waals surface area contributed by atoms with Crippen LogP contribution >= 0.6 is 7.60 Å². The van der Waals surface area contributed by atoms with Gasteiger partial charge in [0.15, 0.2) is 22.6 Å². The van der Waals surface area contributed by atoms with Crippen LogP contribution in [0, 0.1) is 0 Å². The highest BCUT2D eigenvalue weighted by Gasteiger charge is 2.31. The highest BCUT2D eigenvalue weighted by molar-refractivity contribution is 7.51. The maximum Gasteiger partial charge on any atom is 0.358 e. The lowest BCUT2D eigenvalue weighted by atomic mass is 10.1. The fourth-order valence-electron chi connectivity index (χ4n) is 1.55. The van der Waals surface area contributed by atoms with Gasteiger partial charge in [-0.15, -0.1) is 0 Å². The van der Waals surface area contributed by atoms with Gasteiger partial charge in [0, 0.05) is 0 Å². The number of benzene rings is 1. The molecule has 2 rings (SSSR count). The average Bonchev–Trinajstić information content (AvgIpc) is 2.32. The molecule has 8 nitrogen and oxygen atoms in total. The van der Waals surface area contributed by atoms with Crippen molar-refractivity contribution in [3.63, 3.8) is 0 Å². The second kappa shape index (κ2) is 4.36. The molecule has 0 aliphatic carbocycles. The van der Waals surface area contributed by atoms with Gasteiger partial charge in [0.05, 0.1) is 10.9 Å². The van der Waals surface area contributed by atoms with E-state index in [1.165, 1.54) is 0 Å². The zero-order valence-electron chi connectivity index (χ0n) is 9.22. The Labute approximate surface area is 105 Å². The van der Waals surface area contributed by atoms with E-state index in [2.05, 4.69) is 0 Å². The maximum atomic E-state index is 11.9. The molecular formula is C10H9O8P. The van der Waals surface area contributed by atoms with Gasteiger partial charge in [-0.1, -0.05) is 0 Å². The third kappa shape index (κ3) is 2.22. The van der Waals surface area contributed by atoms with E-state index < -0.39 is 35.9 Å². The smallest absolute Gasteiger partial charge is 0.358 e. The number of phenols is 2. The van der Waals surface area contributed by atoms with Crippen LogP contribution in [0.5, 0.6) is 11.5 Å². The summed E-state index contributed by atoms with van der Waals surface area (Å²) >= 11 is 0. The van der Waals surface area contributed by atoms with Crippen molar-refractivity contribution >= 4 is 18.6 Å². The van der Waals surface area contributed by atoms with E-state index in [-0.39, 0.29) is 11.0 Å². The fourth-order valence-corrected chi connectivity index (χ4v) is 2.09. The average molecular weight is 288 g/mol. The molecule has 0 aliphatic heterocycles. The van der Waals surface area contributed by atoms with Crippen LogP contribution < -0.4 is 5.43 Å². The van der Waals surface area contributed by atoms with Crippen LogP contribution in [0.3, 0.4) is 0 Å². The number of phenolic OH excluding ortho intramolecular Hbond substituents is 2. The van der Waals surface area contributed by atoms with Gasteiger partial charge in [0.2, 0.25) is 5.75 Å². The van der Waals surface area contributed by atoms with E-state index in [0.717, 1.165) is 12.1 Å². The van der Waals surface area contributed by atoms with Crippen LogP contribution in [0.4, 0.5) is 0 Å². The normalized spacial score (nSPS) is 13.6. The number of hydrogen-bond donors (Lipinski definition) is 5. The second-order valence-corrected chi connectivity index (χ2v) is 5.46. The highest BCUT2D eigenvalue weighted by atomic mass is 31.2. The Morgan fingerprint density at radius 2 is 1.84 bits per heavy atom. The molecule has 0 radical (unpaired) electrons. The van der Waals surface area contributed by atoms with E-state index >= 15 is 0 Å². The van der Waals surface area contributed by atoms with E-state index in [4.69, 9.17) is 14.2 Å². The summed E-state index contributed by atoms with van der Waals surface area (Å²) in [4.78, 5) is 29.6. The second-order valence-electron chi connectivity index (χ2n) is 3.79. The van der Waals surface area contributed by atoms with Crippen molar-refractivity contribution in [2.75, 3.05) is 0 Å². The third-order valence-corrected chi connectivity index (χ3v) is 3.43. The van der Waals surface area contributed by atoms with Crippen LogP contribution in [0.25, 0.3) is 11.0 Å². The van der Waals surface area contributed by atoms with Crippen LogP contribution in [-0.4, -0.2) is 25.1 Å². The van der Waals surface area contributed by atoms with Crippen molar-refractivity contribution in [3.8, 4) is 11.5 Å². The molecule has 9 heteroatoms. The van der Waals surface area contributed by atoms with Crippen LogP contribution in [0.15, 0.2) is 27.6 Å². The topological polar surface area (TPSA) is 148 Å². The zero-order valence-corrected chi connectivity index (χ0v) is 10.1. The predicted molar refractivity (Wildman–Crippen MR) is 62.8 cm³/mol. The molecular weight excluding hydrogens is 279 g/mol. The monoisotopic (exact) mass is 288 g/mol. The standard InChI is InChI=1S/C10H9O8P/c11-6-2-1-4-7(12)5(10(14)19(15,16)17)3-18-9(4)8(6)13/h1-3,10-11,13-14H,(H2,15,16,17). The summed E-state index contributed by atoms with van der Waals surface area (Å²) in [7, 11) is -4.92. The summed E-state index contributed by atoms with van der Waals surface area (Å²) in [6, 6.07) is 2.12. The number of aliphatic hydroxyl groups excluding tert-OH is 1. The molecule has 1 unspecified atom stereocenters. The van der Waals surface area contributed by atoms with E-state index in [0.29, 0.717) is 6.26 Å². The third-order valence-electron chi connectivity index (χ3n) is 2.52. The quantitative estimate of drug-likeness (QED) is 0.393. The number of aromatic hydroxyl groups is 2. The summed E-state index contributed by atoms with van der Waals surface area (Å²) in [5.41, 5.74) is -1.88. The molecule has 1 aromatic carbocycles. The lowest BCUT2D eigenvalue weighted by molar-refractivity contribution is 0.203. The van der Waals surface area contributed by atoms with Crippen molar-refractivity contribution in [3.05, 3.63) is 34.2 Å². The van der Waals surface area contributed by atoms with Gasteiger partial charge >= 0.3 is 7.60 Å². The molecule has 0 saturated carbocycles. The van der Waals surface area contributed by atoms with E-state index in [1.807, 2.05) is 0 Å². The van der Waals surface area contributed by atoms with Gasteiger partial charge in [0.25, 0.3) is 0 Å². The Balaban J connectivity index is 2.76. The molecule has 0 aliphatic rings. The van der Waals surface area contributed by atoms with Crippen molar-refractivity contribution in [1.82, 2.24) is 0 Å². The maximum absolute atomic E-state index is 11.9. The number of aliphatic hydroxyl groups is 1. The van der Waals surface area contributed by atoms with Gasteiger partial charge in [0.1, 0.15) is 6.26 Å². The molecule has 1 atom stereocenters. The van der Waals surface area contributed by atoms with Crippen molar-refractivity contribution < 1.29 is 34.1 Å². The van der Waals surface area contributed by atoms with Gasteiger partial charge in [-0.05, 0) is 12.1 Å². The molecule has 0 bridgehead atoms. The van der Waals surface area contributed by atoms with Crippen LogP contribution in [0.1, 0.15) is 11.4 Å². The van der Waals surface area contributed by atoms with Gasteiger partial charge in [-0.2, -0.15) is 0 Å². The minimum atomic E-state index is -4.92. The Kier molecular flexibility index (Phi) is 3.11. The molecule has 0 amide bonds. The first-order valence-electron chi connectivity index (χ1n) is 4.93. The summed E-state index contributed by atoms with van der Waals surface area (Å²) in [6.45, 7) is 0. The molecule has 19 heavy (non-hydrogen) atoms. The highest BCUT2D eigenvalue weighted by Crippen LogP contribution is 2.49. The SMILES string of the molecule is O=c1c(C(O)P(=O)(O)O)coc2c(O)c(O)ccc12. The Bertz CT molecular complexity index is 743. The summed E-state index contributed by atoms with van der Waals surface area (Å²) in [5, 5.41) is 27.9. The van der Waals surface area contributed by atoms with Gasteiger partial charge in [-0.25, -0.2) is 0 Å². The summed E-state index contributed by atoms with van der Waals surface area (Å²) in [6.07, 6.45) is 0.633. The number of rotatable bonds is 2. The van der Waals surface area contributed by atoms with Crippen LogP contribution in [-0.2, 0) is 4.57 Å². The minimum Gasteiger partial charge on any atom is -0.504 e. The van der Waals surface area contributed by atoms with Gasteiger partial charge < -0.3 is 29.5 Å². The molecule has 1 aromatic heterocycles. The van der Waals surface area contributed by atoms with Crippen molar-refractivity contribution in [1.29, 1.82) is 0 Å². The summed E-state index contributed by atoms with van der Waals surface area (Å²) < 4.78 is 15.8. The predicted octanol–water partition coefficient (Wildman–Crippen LogP) is 0.373. The number of fused-ring (bicyclic) bond motifs is 1. The van der Waals surface area contributed by atoms with E-state index in [1.54, 1.807) is 0 Å². The molecule has 0 saturated heterocycles. The zero-order chi connectivity index (χ0) is 14.4. The first-order valence-corrected chi connectivity index (χ1v) is 6.61.